The molecule has 0 aliphatic rings. The number of hydrogen-bond donors (Lipinski definition) is 1. The minimum atomic E-state index is -0.397. The Kier molecular flexibility index (Phi) is 5.68. The molecule has 0 aliphatic heterocycles. The van der Waals surface area contributed by atoms with Crippen molar-refractivity contribution >= 4 is 11.6 Å². The molecule has 0 radical (unpaired) electrons. The number of anilines is 1. The van der Waals surface area contributed by atoms with Crippen molar-refractivity contribution in [2.24, 2.45) is 0 Å². The zero-order valence-electron chi connectivity index (χ0n) is 15.3. The molecule has 3 rings (SSSR count). The summed E-state index contributed by atoms with van der Waals surface area (Å²) < 4.78 is 17.3. The monoisotopic (exact) mass is 368 g/mol. The molecule has 0 atom stereocenters. The van der Waals surface area contributed by atoms with Crippen LogP contribution < -0.4 is 14.8 Å². The van der Waals surface area contributed by atoms with E-state index in [-0.39, 0.29) is 12.3 Å². The van der Waals surface area contributed by atoms with E-state index in [0.717, 1.165) is 11.4 Å². The first-order valence-corrected chi connectivity index (χ1v) is 8.20. The molecule has 27 heavy (non-hydrogen) atoms. The molecule has 0 aliphatic carbocycles. The topological polar surface area (TPSA) is 87.5 Å². The number of rotatable bonds is 7. The second-order valence-corrected chi connectivity index (χ2v) is 5.58. The smallest absolute Gasteiger partial charge is 0.278 e. The second-order valence-electron chi connectivity index (χ2n) is 5.58. The lowest BCUT2D eigenvalue weighted by atomic mass is 10.2. The third-order valence-electron chi connectivity index (χ3n) is 3.93. The standard InChI is InChI=1S/C19H20N4O4/c1-25-12-16-18(19(24)20-15-6-4-5-7-17(15)27-3)21-22-23(16)13-8-10-14(26-2)11-9-13/h4-11H,12H2,1-3H3,(H,20,24). The van der Waals surface area contributed by atoms with Gasteiger partial charge in [0.2, 0.25) is 0 Å². The predicted molar refractivity (Wildman–Crippen MR) is 99.6 cm³/mol. The van der Waals surface area contributed by atoms with Gasteiger partial charge < -0.3 is 19.5 Å². The van der Waals surface area contributed by atoms with E-state index in [0.29, 0.717) is 17.1 Å². The molecule has 3 aromatic rings. The van der Waals surface area contributed by atoms with Gasteiger partial charge in [-0.2, -0.15) is 0 Å². The first-order valence-electron chi connectivity index (χ1n) is 8.20. The normalized spacial score (nSPS) is 10.5. The van der Waals surface area contributed by atoms with Gasteiger partial charge in [-0.3, -0.25) is 4.79 Å². The number of methoxy groups -OCH3 is 3. The van der Waals surface area contributed by atoms with Crippen LogP contribution in [0.1, 0.15) is 16.2 Å². The summed E-state index contributed by atoms with van der Waals surface area (Å²) in [5.74, 6) is 0.884. The Balaban J connectivity index is 1.93. The number of hydrogen-bond acceptors (Lipinski definition) is 6. The van der Waals surface area contributed by atoms with Gasteiger partial charge in [-0.05, 0) is 36.4 Å². The Morgan fingerprint density at radius 3 is 2.44 bits per heavy atom. The minimum Gasteiger partial charge on any atom is -0.497 e. The van der Waals surface area contributed by atoms with Crippen molar-refractivity contribution in [3.8, 4) is 17.2 Å². The van der Waals surface area contributed by atoms with Gasteiger partial charge in [0.05, 0.1) is 32.2 Å². The number of benzene rings is 2. The maximum absolute atomic E-state index is 12.8. The summed E-state index contributed by atoms with van der Waals surface area (Å²) in [6, 6.07) is 14.4. The second kappa shape index (κ2) is 8.33. The summed E-state index contributed by atoms with van der Waals surface area (Å²) in [5, 5.41) is 11.0. The fourth-order valence-electron chi connectivity index (χ4n) is 2.60. The van der Waals surface area contributed by atoms with Gasteiger partial charge in [0, 0.05) is 7.11 Å². The van der Waals surface area contributed by atoms with Crippen LogP contribution in [0.4, 0.5) is 5.69 Å². The highest BCUT2D eigenvalue weighted by Gasteiger charge is 2.21. The van der Waals surface area contributed by atoms with Crippen LogP contribution in [0.3, 0.4) is 0 Å². The lowest BCUT2D eigenvalue weighted by Gasteiger charge is -2.10. The van der Waals surface area contributed by atoms with E-state index >= 15 is 0 Å². The molecule has 0 spiro atoms. The van der Waals surface area contributed by atoms with Crippen molar-refractivity contribution < 1.29 is 19.0 Å². The van der Waals surface area contributed by atoms with Crippen molar-refractivity contribution in [1.29, 1.82) is 0 Å². The van der Waals surface area contributed by atoms with Crippen LogP contribution in [-0.4, -0.2) is 42.2 Å². The van der Waals surface area contributed by atoms with Gasteiger partial charge in [-0.25, -0.2) is 4.68 Å². The van der Waals surface area contributed by atoms with E-state index in [1.54, 1.807) is 38.1 Å². The predicted octanol–water partition coefficient (Wildman–Crippen LogP) is 2.68. The molecule has 0 saturated carbocycles. The molecule has 8 heteroatoms. The van der Waals surface area contributed by atoms with Crippen LogP contribution in [0.25, 0.3) is 5.69 Å². The number of carbonyl (C=O) groups is 1. The summed E-state index contributed by atoms with van der Waals surface area (Å²) >= 11 is 0. The Labute approximate surface area is 156 Å². The first-order chi connectivity index (χ1) is 13.2. The Morgan fingerprint density at radius 1 is 1.04 bits per heavy atom. The Bertz CT molecular complexity index is 922. The number of para-hydroxylation sites is 2. The molecule has 0 bridgehead atoms. The maximum Gasteiger partial charge on any atom is 0.278 e. The molecule has 0 saturated heterocycles. The molecule has 1 N–H and O–H groups in total. The van der Waals surface area contributed by atoms with Gasteiger partial charge in [-0.1, -0.05) is 17.3 Å². The third kappa shape index (κ3) is 3.90. The number of nitrogens with one attached hydrogen (secondary N) is 1. The lowest BCUT2D eigenvalue weighted by molar-refractivity contribution is 0.101. The van der Waals surface area contributed by atoms with E-state index in [4.69, 9.17) is 14.2 Å². The zero-order chi connectivity index (χ0) is 19.2. The van der Waals surface area contributed by atoms with E-state index in [2.05, 4.69) is 15.6 Å². The lowest BCUT2D eigenvalue weighted by Crippen LogP contribution is -2.16. The van der Waals surface area contributed by atoms with E-state index in [9.17, 15) is 4.79 Å². The maximum atomic E-state index is 12.8. The SMILES string of the molecule is COCc1c(C(=O)Nc2ccccc2OC)nnn1-c1ccc(OC)cc1. The highest BCUT2D eigenvalue weighted by molar-refractivity contribution is 6.04. The number of aromatic nitrogens is 3. The van der Waals surface area contributed by atoms with Crippen molar-refractivity contribution in [2.45, 2.75) is 6.61 Å². The highest BCUT2D eigenvalue weighted by atomic mass is 16.5. The summed E-state index contributed by atoms with van der Waals surface area (Å²) in [6.07, 6.45) is 0. The number of nitrogens with zero attached hydrogens (tertiary/aromatic N) is 3. The summed E-state index contributed by atoms with van der Waals surface area (Å²) in [6.45, 7) is 0.174. The van der Waals surface area contributed by atoms with Crippen LogP contribution in [0, 0.1) is 0 Å². The van der Waals surface area contributed by atoms with Gasteiger partial charge >= 0.3 is 0 Å². The quantitative estimate of drug-likeness (QED) is 0.690. The van der Waals surface area contributed by atoms with Gasteiger partial charge in [0.15, 0.2) is 5.69 Å². The molecule has 1 amide bonds. The molecular formula is C19H20N4O4. The van der Waals surface area contributed by atoms with Crippen molar-refractivity contribution in [1.82, 2.24) is 15.0 Å². The number of amides is 1. The summed E-state index contributed by atoms with van der Waals surface area (Å²) in [7, 11) is 4.69. The van der Waals surface area contributed by atoms with Crippen LogP contribution >= 0.6 is 0 Å². The molecule has 140 valence electrons. The van der Waals surface area contributed by atoms with E-state index in [1.165, 1.54) is 0 Å². The molecule has 0 fully saturated rings. The van der Waals surface area contributed by atoms with E-state index in [1.807, 2.05) is 36.4 Å². The van der Waals surface area contributed by atoms with Gasteiger partial charge in [-0.15, -0.1) is 5.10 Å². The average molecular weight is 368 g/mol. The molecule has 1 heterocycles. The van der Waals surface area contributed by atoms with Gasteiger partial charge in [0.1, 0.15) is 17.2 Å². The van der Waals surface area contributed by atoms with E-state index < -0.39 is 5.91 Å². The fraction of sp³-hybridized carbons (Fsp3) is 0.211. The van der Waals surface area contributed by atoms with Crippen LogP contribution in [0.15, 0.2) is 48.5 Å². The van der Waals surface area contributed by atoms with Crippen molar-refractivity contribution in [3.63, 3.8) is 0 Å². The zero-order valence-corrected chi connectivity index (χ0v) is 15.3. The Morgan fingerprint density at radius 2 is 1.78 bits per heavy atom. The molecular weight excluding hydrogens is 348 g/mol. The van der Waals surface area contributed by atoms with Gasteiger partial charge in [0.25, 0.3) is 5.91 Å². The number of carbonyl (C=O) groups excluding carboxylic acids is 1. The summed E-state index contributed by atoms with van der Waals surface area (Å²) in [4.78, 5) is 12.8. The van der Waals surface area contributed by atoms with Crippen LogP contribution in [-0.2, 0) is 11.3 Å². The molecule has 0 unspecified atom stereocenters. The minimum absolute atomic E-state index is 0.174. The molecule has 2 aromatic carbocycles. The van der Waals surface area contributed by atoms with Crippen molar-refractivity contribution in [2.75, 3.05) is 26.6 Å². The number of ether oxygens (including phenoxy) is 3. The van der Waals surface area contributed by atoms with Crippen molar-refractivity contribution in [3.05, 3.63) is 59.9 Å². The molecule has 1 aromatic heterocycles. The Hall–Kier alpha value is -3.39. The summed E-state index contributed by atoms with van der Waals surface area (Å²) in [5.41, 5.74) is 2.01. The largest absolute Gasteiger partial charge is 0.497 e. The highest BCUT2D eigenvalue weighted by Crippen LogP contribution is 2.24. The fourth-order valence-corrected chi connectivity index (χ4v) is 2.60. The molecule has 8 nitrogen and oxygen atoms in total. The van der Waals surface area contributed by atoms with Crippen LogP contribution in [0.2, 0.25) is 0 Å². The first kappa shape index (κ1) is 18.4. The average Bonchev–Trinajstić information content (AvgIpc) is 3.12. The van der Waals surface area contributed by atoms with Crippen LogP contribution in [0.5, 0.6) is 11.5 Å². The third-order valence-corrected chi connectivity index (χ3v) is 3.93.